The lowest BCUT2D eigenvalue weighted by atomic mass is 9.87. The highest BCUT2D eigenvalue weighted by molar-refractivity contribution is 7.89. The van der Waals surface area contributed by atoms with Crippen LogP contribution >= 0.6 is 0 Å². The highest BCUT2D eigenvalue weighted by Gasteiger charge is 2.29. The van der Waals surface area contributed by atoms with Crippen molar-refractivity contribution in [3.63, 3.8) is 0 Å². The Morgan fingerprint density at radius 1 is 0.778 bits per heavy atom. The Bertz CT molecular complexity index is 1270. The van der Waals surface area contributed by atoms with Crippen LogP contribution in [0.4, 0.5) is 0 Å². The lowest BCUT2D eigenvalue weighted by Crippen LogP contribution is -2.54. The summed E-state index contributed by atoms with van der Waals surface area (Å²) in [6, 6.07) is 22.7. The average Bonchev–Trinajstić information content (AvgIpc) is 2.84. The molecule has 7 nitrogen and oxygen atoms in total. The fourth-order valence-electron chi connectivity index (χ4n) is 3.77. The molecule has 0 aliphatic rings. The summed E-state index contributed by atoms with van der Waals surface area (Å²) in [5, 5.41) is 2.65. The summed E-state index contributed by atoms with van der Waals surface area (Å²) in [6.45, 7) is 6.12. The molecule has 0 aromatic heterocycles. The van der Waals surface area contributed by atoms with Crippen molar-refractivity contribution in [3.05, 3.63) is 102 Å². The molecule has 0 saturated carbocycles. The molecule has 0 heterocycles. The lowest BCUT2D eigenvalue weighted by molar-refractivity contribution is -0.128. The third kappa shape index (κ3) is 7.50. The number of hydrogen-bond acceptors (Lipinski definition) is 4. The van der Waals surface area contributed by atoms with Crippen molar-refractivity contribution in [2.24, 2.45) is 5.73 Å². The van der Waals surface area contributed by atoms with E-state index in [1.807, 2.05) is 81.4 Å². The molecule has 0 fully saturated rings. The Balaban J connectivity index is 1.84. The molecule has 0 unspecified atom stereocenters. The zero-order chi connectivity index (χ0) is 26.3. The standard InChI is InChI=1S/C28H33N3O4S/c1-28(2,3)22-14-16-23(17-15-22)36(34,35)31-25(19-21-12-8-5-9-13-21)27(33)30-24(26(29)32)18-20-10-6-4-7-11-20/h4-17,24-25,31H,18-19H2,1-3H3,(H2,29,32)(H,30,33)/t24-,25-/m0/s1. The smallest absolute Gasteiger partial charge is 0.241 e. The summed E-state index contributed by atoms with van der Waals surface area (Å²) in [4.78, 5) is 25.5. The molecule has 0 aliphatic carbocycles. The number of sulfonamides is 1. The number of benzene rings is 3. The molecular formula is C28H33N3O4S. The van der Waals surface area contributed by atoms with Crippen molar-refractivity contribution in [1.29, 1.82) is 0 Å². The van der Waals surface area contributed by atoms with Gasteiger partial charge in [0.2, 0.25) is 21.8 Å². The number of carbonyl (C=O) groups is 2. The van der Waals surface area contributed by atoms with E-state index >= 15 is 0 Å². The molecule has 0 radical (unpaired) electrons. The van der Waals surface area contributed by atoms with Crippen molar-refractivity contribution in [2.75, 3.05) is 0 Å². The first kappa shape index (κ1) is 27.1. The maximum absolute atomic E-state index is 13.3. The van der Waals surface area contributed by atoms with E-state index in [9.17, 15) is 18.0 Å². The molecule has 2 amide bonds. The normalized spacial score (nSPS) is 13.5. The maximum Gasteiger partial charge on any atom is 0.241 e. The number of nitrogens with two attached hydrogens (primary N) is 1. The molecule has 0 bridgehead atoms. The number of carbonyl (C=O) groups excluding carboxylic acids is 2. The Morgan fingerprint density at radius 2 is 1.25 bits per heavy atom. The van der Waals surface area contributed by atoms with E-state index in [0.29, 0.717) is 0 Å². The Morgan fingerprint density at radius 3 is 1.69 bits per heavy atom. The van der Waals surface area contributed by atoms with Gasteiger partial charge in [-0.1, -0.05) is 93.6 Å². The maximum atomic E-state index is 13.3. The third-order valence-electron chi connectivity index (χ3n) is 5.87. The molecule has 0 aliphatic heterocycles. The summed E-state index contributed by atoms with van der Waals surface area (Å²) in [5.41, 5.74) is 8.01. The van der Waals surface area contributed by atoms with Crippen molar-refractivity contribution >= 4 is 21.8 Å². The summed E-state index contributed by atoms with van der Waals surface area (Å²) >= 11 is 0. The average molecular weight is 508 g/mol. The zero-order valence-electron chi connectivity index (χ0n) is 20.8. The topological polar surface area (TPSA) is 118 Å². The van der Waals surface area contributed by atoms with Crippen LogP contribution in [0.5, 0.6) is 0 Å². The van der Waals surface area contributed by atoms with Gasteiger partial charge in [-0.15, -0.1) is 0 Å². The number of nitrogens with one attached hydrogen (secondary N) is 2. The second-order valence-electron chi connectivity index (χ2n) is 9.79. The zero-order valence-corrected chi connectivity index (χ0v) is 21.6. The van der Waals surface area contributed by atoms with Gasteiger partial charge in [-0.2, -0.15) is 4.72 Å². The quantitative estimate of drug-likeness (QED) is 0.391. The van der Waals surface area contributed by atoms with Gasteiger partial charge in [0, 0.05) is 6.42 Å². The first-order valence-electron chi connectivity index (χ1n) is 11.8. The van der Waals surface area contributed by atoms with Gasteiger partial charge in [0.1, 0.15) is 12.1 Å². The van der Waals surface area contributed by atoms with Crippen LogP contribution < -0.4 is 15.8 Å². The molecule has 2 atom stereocenters. The van der Waals surface area contributed by atoms with E-state index in [4.69, 9.17) is 5.73 Å². The van der Waals surface area contributed by atoms with Crippen LogP contribution in [-0.4, -0.2) is 32.3 Å². The summed E-state index contributed by atoms with van der Waals surface area (Å²) < 4.78 is 29.0. The van der Waals surface area contributed by atoms with Gasteiger partial charge in [0.15, 0.2) is 0 Å². The van der Waals surface area contributed by atoms with Crippen LogP contribution in [-0.2, 0) is 37.9 Å². The molecule has 190 valence electrons. The van der Waals surface area contributed by atoms with Crippen LogP contribution in [0, 0.1) is 0 Å². The second kappa shape index (κ2) is 11.5. The van der Waals surface area contributed by atoms with E-state index in [1.54, 1.807) is 12.1 Å². The fourth-order valence-corrected chi connectivity index (χ4v) is 4.97. The second-order valence-corrected chi connectivity index (χ2v) is 11.5. The molecule has 4 N–H and O–H groups in total. The molecule has 3 rings (SSSR count). The van der Waals surface area contributed by atoms with E-state index < -0.39 is 33.9 Å². The summed E-state index contributed by atoms with van der Waals surface area (Å²) in [6.07, 6.45) is 0.295. The van der Waals surface area contributed by atoms with Gasteiger partial charge in [-0.3, -0.25) is 9.59 Å². The van der Waals surface area contributed by atoms with Crippen LogP contribution in [0.3, 0.4) is 0 Å². The Labute approximate surface area is 213 Å². The van der Waals surface area contributed by atoms with Gasteiger partial charge in [0.05, 0.1) is 4.90 Å². The van der Waals surface area contributed by atoms with Crippen LogP contribution in [0.1, 0.15) is 37.5 Å². The first-order valence-corrected chi connectivity index (χ1v) is 13.2. The van der Waals surface area contributed by atoms with Gasteiger partial charge in [-0.05, 0) is 40.7 Å². The minimum absolute atomic E-state index is 0.0529. The minimum Gasteiger partial charge on any atom is -0.368 e. The van der Waals surface area contributed by atoms with E-state index in [2.05, 4.69) is 10.0 Å². The van der Waals surface area contributed by atoms with Crippen LogP contribution in [0.25, 0.3) is 0 Å². The Hall–Kier alpha value is -3.49. The summed E-state index contributed by atoms with van der Waals surface area (Å²) in [7, 11) is -4.03. The van der Waals surface area contributed by atoms with Crippen molar-refractivity contribution < 1.29 is 18.0 Å². The number of rotatable bonds is 10. The van der Waals surface area contributed by atoms with E-state index in [1.165, 1.54) is 12.1 Å². The molecule has 3 aromatic carbocycles. The first-order chi connectivity index (χ1) is 17.0. The van der Waals surface area contributed by atoms with Crippen molar-refractivity contribution in [3.8, 4) is 0 Å². The van der Waals surface area contributed by atoms with Crippen LogP contribution in [0.15, 0.2) is 89.8 Å². The lowest BCUT2D eigenvalue weighted by Gasteiger charge is -2.23. The predicted octanol–water partition coefficient (Wildman–Crippen LogP) is 3.09. The van der Waals surface area contributed by atoms with E-state index in [-0.39, 0.29) is 23.2 Å². The molecule has 3 aromatic rings. The number of primary amides is 1. The third-order valence-corrected chi connectivity index (χ3v) is 7.36. The molecule has 8 heteroatoms. The van der Waals surface area contributed by atoms with Gasteiger partial charge < -0.3 is 11.1 Å². The van der Waals surface area contributed by atoms with E-state index in [0.717, 1.165) is 16.7 Å². The van der Waals surface area contributed by atoms with Crippen molar-refractivity contribution in [1.82, 2.24) is 10.0 Å². The largest absolute Gasteiger partial charge is 0.368 e. The molecule has 0 spiro atoms. The van der Waals surface area contributed by atoms with Crippen molar-refractivity contribution in [2.45, 2.75) is 56.0 Å². The predicted molar refractivity (Wildman–Crippen MR) is 141 cm³/mol. The SMILES string of the molecule is CC(C)(C)c1ccc(S(=O)(=O)N[C@@H](Cc2ccccc2)C(=O)N[C@@H](Cc2ccccc2)C(N)=O)cc1. The monoisotopic (exact) mass is 507 g/mol. The number of amides is 2. The fraction of sp³-hybridized carbons (Fsp3) is 0.286. The minimum atomic E-state index is -4.03. The molecule has 0 saturated heterocycles. The van der Waals surface area contributed by atoms with Gasteiger partial charge in [-0.25, -0.2) is 8.42 Å². The summed E-state index contributed by atoms with van der Waals surface area (Å²) in [5.74, 6) is -1.33. The highest BCUT2D eigenvalue weighted by Crippen LogP contribution is 2.23. The number of hydrogen-bond donors (Lipinski definition) is 3. The van der Waals surface area contributed by atoms with Gasteiger partial charge >= 0.3 is 0 Å². The van der Waals surface area contributed by atoms with Crippen LogP contribution in [0.2, 0.25) is 0 Å². The Kier molecular flexibility index (Phi) is 8.66. The molecular weight excluding hydrogens is 474 g/mol. The highest BCUT2D eigenvalue weighted by atomic mass is 32.2. The molecule has 36 heavy (non-hydrogen) atoms. The van der Waals surface area contributed by atoms with Gasteiger partial charge in [0.25, 0.3) is 0 Å².